The molecule has 0 saturated carbocycles. The van der Waals surface area contributed by atoms with E-state index in [1.54, 1.807) is 0 Å². The molecule has 0 radical (unpaired) electrons. The van der Waals surface area contributed by atoms with E-state index >= 15 is 0 Å². The Bertz CT molecular complexity index is 732. The number of nitrogens with one attached hydrogen (secondary N) is 1. The van der Waals surface area contributed by atoms with Gasteiger partial charge in [-0.15, -0.1) is 0 Å². The summed E-state index contributed by atoms with van der Waals surface area (Å²) in [5.74, 6) is 0. The SMILES string of the molecule is CNC(c1ncccc1C)c1cccc2ccncc12. The third-order valence-corrected chi connectivity index (χ3v) is 3.64. The molecule has 0 spiro atoms. The van der Waals surface area contributed by atoms with E-state index in [1.165, 1.54) is 21.9 Å². The van der Waals surface area contributed by atoms with Crippen molar-refractivity contribution in [1.29, 1.82) is 0 Å². The molecule has 3 rings (SSSR count). The van der Waals surface area contributed by atoms with Gasteiger partial charge in [0.05, 0.1) is 11.7 Å². The summed E-state index contributed by atoms with van der Waals surface area (Å²) in [5, 5.41) is 5.74. The van der Waals surface area contributed by atoms with E-state index in [2.05, 4.69) is 46.5 Å². The molecule has 2 aromatic heterocycles. The molecule has 0 bridgehead atoms. The summed E-state index contributed by atoms with van der Waals surface area (Å²) >= 11 is 0. The predicted molar refractivity (Wildman–Crippen MR) is 81.6 cm³/mol. The molecule has 0 saturated heterocycles. The highest BCUT2D eigenvalue weighted by molar-refractivity contribution is 5.85. The molecule has 3 heteroatoms. The fraction of sp³-hybridized carbons (Fsp3) is 0.176. The third-order valence-electron chi connectivity index (χ3n) is 3.64. The molecule has 1 atom stereocenters. The van der Waals surface area contributed by atoms with Gasteiger partial charge in [-0.3, -0.25) is 9.97 Å². The van der Waals surface area contributed by atoms with Gasteiger partial charge in [-0.2, -0.15) is 0 Å². The summed E-state index contributed by atoms with van der Waals surface area (Å²) in [4.78, 5) is 8.81. The summed E-state index contributed by atoms with van der Waals surface area (Å²) in [6, 6.07) is 12.5. The van der Waals surface area contributed by atoms with Crippen molar-refractivity contribution < 1.29 is 0 Å². The van der Waals surface area contributed by atoms with E-state index in [4.69, 9.17) is 0 Å². The maximum absolute atomic E-state index is 4.55. The molecule has 100 valence electrons. The number of pyridine rings is 2. The Morgan fingerprint density at radius 2 is 1.95 bits per heavy atom. The Hall–Kier alpha value is -2.26. The van der Waals surface area contributed by atoms with Crippen LogP contribution in [0.25, 0.3) is 10.8 Å². The van der Waals surface area contributed by atoms with E-state index in [9.17, 15) is 0 Å². The zero-order valence-electron chi connectivity index (χ0n) is 11.7. The number of nitrogens with zero attached hydrogens (tertiary/aromatic N) is 2. The van der Waals surface area contributed by atoms with Crippen LogP contribution in [-0.2, 0) is 0 Å². The highest BCUT2D eigenvalue weighted by Gasteiger charge is 2.17. The van der Waals surface area contributed by atoms with Gasteiger partial charge in [0, 0.05) is 24.0 Å². The van der Waals surface area contributed by atoms with Gasteiger partial charge in [0.15, 0.2) is 0 Å². The molecule has 1 N–H and O–H groups in total. The topological polar surface area (TPSA) is 37.8 Å². The molecule has 0 aliphatic heterocycles. The first-order valence-electron chi connectivity index (χ1n) is 6.72. The molecule has 0 amide bonds. The molecule has 20 heavy (non-hydrogen) atoms. The molecule has 3 nitrogen and oxygen atoms in total. The molecule has 0 aliphatic rings. The van der Waals surface area contributed by atoms with Gasteiger partial charge in [-0.1, -0.05) is 24.3 Å². The molecular formula is C17H17N3. The normalized spacial score (nSPS) is 12.5. The van der Waals surface area contributed by atoms with Crippen molar-refractivity contribution >= 4 is 10.8 Å². The smallest absolute Gasteiger partial charge is 0.0758 e. The first-order chi connectivity index (χ1) is 9.81. The second kappa shape index (κ2) is 5.39. The summed E-state index contributed by atoms with van der Waals surface area (Å²) in [5.41, 5.74) is 3.46. The fourth-order valence-electron chi connectivity index (χ4n) is 2.63. The number of aromatic nitrogens is 2. The van der Waals surface area contributed by atoms with Crippen LogP contribution < -0.4 is 5.32 Å². The zero-order chi connectivity index (χ0) is 13.9. The number of aryl methyl sites for hydroxylation is 1. The van der Waals surface area contributed by atoms with Crippen LogP contribution in [0.4, 0.5) is 0 Å². The van der Waals surface area contributed by atoms with E-state index in [1.807, 2.05) is 37.8 Å². The van der Waals surface area contributed by atoms with Gasteiger partial charge in [0.2, 0.25) is 0 Å². The summed E-state index contributed by atoms with van der Waals surface area (Å²) in [6.07, 6.45) is 5.59. The number of benzene rings is 1. The van der Waals surface area contributed by atoms with E-state index < -0.39 is 0 Å². The van der Waals surface area contributed by atoms with Crippen molar-refractivity contribution in [2.45, 2.75) is 13.0 Å². The lowest BCUT2D eigenvalue weighted by atomic mass is 9.96. The average Bonchev–Trinajstić information content (AvgIpc) is 2.50. The highest BCUT2D eigenvalue weighted by atomic mass is 14.9. The monoisotopic (exact) mass is 263 g/mol. The second-order valence-electron chi connectivity index (χ2n) is 4.87. The molecule has 0 aliphatic carbocycles. The van der Waals surface area contributed by atoms with Crippen molar-refractivity contribution in [1.82, 2.24) is 15.3 Å². The van der Waals surface area contributed by atoms with Crippen molar-refractivity contribution in [3.63, 3.8) is 0 Å². The Morgan fingerprint density at radius 3 is 2.75 bits per heavy atom. The maximum Gasteiger partial charge on any atom is 0.0758 e. The summed E-state index contributed by atoms with van der Waals surface area (Å²) in [6.45, 7) is 2.09. The minimum Gasteiger partial charge on any atom is -0.308 e. The van der Waals surface area contributed by atoms with Gasteiger partial charge < -0.3 is 5.32 Å². The Balaban J connectivity index is 2.20. The Kier molecular flexibility index (Phi) is 3.44. The molecule has 1 unspecified atom stereocenters. The van der Waals surface area contributed by atoms with Crippen molar-refractivity contribution in [2.75, 3.05) is 7.05 Å². The first kappa shape index (κ1) is 12.8. The maximum atomic E-state index is 4.55. The lowest BCUT2D eigenvalue weighted by molar-refractivity contribution is 0.670. The van der Waals surface area contributed by atoms with E-state index in [-0.39, 0.29) is 6.04 Å². The minimum atomic E-state index is 0.0732. The minimum absolute atomic E-state index is 0.0732. The van der Waals surface area contributed by atoms with Crippen LogP contribution in [0.1, 0.15) is 22.9 Å². The van der Waals surface area contributed by atoms with Gasteiger partial charge in [0.1, 0.15) is 0 Å². The predicted octanol–water partition coefficient (Wildman–Crippen LogP) is 3.25. The van der Waals surface area contributed by atoms with Crippen molar-refractivity contribution in [3.05, 3.63) is 71.8 Å². The largest absolute Gasteiger partial charge is 0.308 e. The average molecular weight is 263 g/mol. The Labute approximate surface area is 118 Å². The van der Waals surface area contributed by atoms with Crippen LogP contribution >= 0.6 is 0 Å². The molecule has 3 aromatic rings. The van der Waals surface area contributed by atoms with Crippen LogP contribution in [-0.4, -0.2) is 17.0 Å². The van der Waals surface area contributed by atoms with Crippen LogP contribution in [0.2, 0.25) is 0 Å². The standard InChI is InChI=1S/C17H17N3/c1-12-5-4-9-20-16(12)17(18-2)14-7-3-6-13-8-10-19-11-15(13)14/h3-11,17-18H,1-2H3. The van der Waals surface area contributed by atoms with Crippen LogP contribution in [0.5, 0.6) is 0 Å². The van der Waals surface area contributed by atoms with Gasteiger partial charge in [0.25, 0.3) is 0 Å². The number of rotatable bonds is 3. The highest BCUT2D eigenvalue weighted by Crippen LogP contribution is 2.28. The second-order valence-corrected chi connectivity index (χ2v) is 4.87. The number of hydrogen-bond donors (Lipinski definition) is 1. The fourth-order valence-corrected chi connectivity index (χ4v) is 2.63. The molecule has 1 aromatic carbocycles. The molecule has 0 fully saturated rings. The van der Waals surface area contributed by atoms with Gasteiger partial charge in [-0.05, 0) is 42.6 Å². The molecule has 2 heterocycles. The number of hydrogen-bond acceptors (Lipinski definition) is 3. The first-order valence-corrected chi connectivity index (χ1v) is 6.72. The van der Waals surface area contributed by atoms with E-state index in [0.29, 0.717) is 0 Å². The quantitative estimate of drug-likeness (QED) is 0.788. The lowest BCUT2D eigenvalue weighted by Gasteiger charge is -2.19. The zero-order valence-corrected chi connectivity index (χ0v) is 11.7. The van der Waals surface area contributed by atoms with Crippen LogP contribution in [0, 0.1) is 6.92 Å². The lowest BCUT2D eigenvalue weighted by Crippen LogP contribution is -2.20. The van der Waals surface area contributed by atoms with Gasteiger partial charge in [-0.25, -0.2) is 0 Å². The third kappa shape index (κ3) is 2.17. The van der Waals surface area contributed by atoms with Crippen LogP contribution in [0.15, 0.2) is 55.0 Å². The van der Waals surface area contributed by atoms with E-state index in [0.717, 1.165) is 5.69 Å². The molecular weight excluding hydrogens is 246 g/mol. The Morgan fingerprint density at radius 1 is 1.05 bits per heavy atom. The van der Waals surface area contributed by atoms with Crippen LogP contribution in [0.3, 0.4) is 0 Å². The summed E-state index contributed by atoms with van der Waals surface area (Å²) in [7, 11) is 1.97. The van der Waals surface area contributed by atoms with Crippen molar-refractivity contribution in [3.8, 4) is 0 Å². The van der Waals surface area contributed by atoms with Gasteiger partial charge >= 0.3 is 0 Å². The van der Waals surface area contributed by atoms with Crippen molar-refractivity contribution in [2.24, 2.45) is 0 Å². The number of fused-ring (bicyclic) bond motifs is 1. The summed E-state index contributed by atoms with van der Waals surface area (Å²) < 4.78 is 0.